The molecule has 0 unspecified atom stereocenters. The minimum Gasteiger partial charge on any atom is -0.489 e. The van der Waals surface area contributed by atoms with Gasteiger partial charge in [0.1, 0.15) is 12.4 Å². The zero-order valence-corrected chi connectivity index (χ0v) is 13.7. The molecule has 0 saturated carbocycles. The molecule has 0 saturated heterocycles. The predicted molar refractivity (Wildman–Crippen MR) is 87.1 cm³/mol. The summed E-state index contributed by atoms with van der Waals surface area (Å²) in [6.45, 7) is 7.22. The number of carbonyl (C=O) groups is 1. The Labute approximate surface area is 135 Å². The first-order valence-electron chi connectivity index (χ1n) is 7.72. The zero-order valence-electron chi connectivity index (χ0n) is 13.7. The van der Waals surface area contributed by atoms with Crippen LogP contribution in [0, 0.1) is 20.8 Å². The molecule has 1 N–H and O–H groups in total. The number of nitrogens with zero attached hydrogens (tertiary/aromatic N) is 3. The van der Waals surface area contributed by atoms with E-state index >= 15 is 0 Å². The second-order valence-electron chi connectivity index (χ2n) is 5.83. The first-order valence-corrected chi connectivity index (χ1v) is 7.72. The second kappa shape index (κ2) is 6.04. The van der Waals surface area contributed by atoms with Crippen LogP contribution in [0.2, 0.25) is 0 Å². The number of fused-ring (bicyclic) bond motifs is 1. The molecule has 0 radical (unpaired) electrons. The van der Waals surface area contributed by atoms with E-state index in [-0.39, 0.29) is 12.5 Å². The Balaban J connectivity index is 1.99. The van der Waals surface area contributed by atoms with Crippen molar-refractivity contribution in [2.24, 2.45) is 0 Å². The molecular formula is C17H21N3O3. The predicted octanol–water partition coefficient (Wildman–Crippen LogP) is 1.84. The third kappa shape index (κ3) is 2.70. The number of rotatable bonds is 3. The summed E-state index contributed by atoms with van der Waals surface area (Å²) < 4.78 is 7.40. The van der Waals surface area contributed by atoms with Crippen molar-refractivity contribution in [2.75, 3.05) is 24.7 Å². The van der Waals surface area contributed by atoms with Crippen molar-refractivity contribution < 1.29 is 14.6 Å². The third-order valence-corrected chi connectivity index (χ3v) is 4.14. The molecule has 2 heterocycles. The number of ether oxygens (including phenoxy) is 1. The molecule has 3 rings (SSSR count). The van der Waals surface area contributed by atoms with Crippen molar-refractivity contribution in [3.8, 4) is 5.75 Å². The standard InChI is InChI=1S/C17H21N3O3/c1-11-8-12(2)16-15(9-11)19(5-7-23-16)17(22)14-10-18-20(4-6-21)13(14)3/h8-10,21H,4-7H2,1-3H3. The average molecular weight is 315 g/mol. The number of hydrogen-bond acceptors (Lipinski definition) is 4. The lowest BCUT2D eigenvalue weighted by molar-refractivity contribution is 0.0975. The molecule has 23 heavy (non-hydrogen) atoms. The van der Waals surface area contributed by atoms with Gasteiger partial charge in [-0.05, 0) is 38.0 Å². The van der Waals surface area contributed by atoms with E-state index in [2.05, 4.69) is 11.2 Å². The van der Waals surface area contributed by atoms with Gasteiger partial charge in [-0.3, -0.25) is 9.48 Å². The molecule has 0 spiro atoms. The highest BCUT2D eigenvalue weighted by Crippen LogP contribution is 2.36. The highest BCUT2D eigenvalue weighted by atomic mass is 16.5. The van der Waals surface area contributed by atoms with Crippen LogP contribution in [-0.2, 0) is 6.54 Å². The highest BCUT2D eigenvalue weighted by molar-refractivity contribution is 6.07. The molecule has 1 aliphatic heterocycles. The summed E-state index contributed by atoms with van der Waals surface area (Å²) in [5, 5.41) is 13.2. The Morgan fingerprint density at radius 2 is 2.13 bits per heavy atom. The molecule has 1 aromatic carbocycles. The Bertz CT molecular complexity index is 752. The van der Waals surface area contributed by atoms with Crippen molar-refractivity contribution >= 4 is 11.6 Å². The Morgan fingerprint density at radius 3 is 2.87 bits per heavy atom. The summed E-state index contributed by atoms with van der Waals surface area (Å²) >= 11 is 0. The van der Waals surface area contributed by atoms with Gasteiger partial charge in [0.25, 0.3) is 5.91 Å². The summed E-state index contributed by atoms with van der Waals surface area (Å²) in [6.07, 6.45) is 1.57. The lowest BCUT2D eigenvalue weighted by atomic mass is 10.1. The highest BCUT2D eigenvalue weighted by Gasteiger charge is 2.28. The fraction of sp³-hybridized carbons (Fsp3) is 0.412. The van der Waals surface area contributed by atoms with Crippen LogP contribution in [0.3, 0.4) is 0 Å². The number of aromatic nitrogens is 2. The average Bonchev–Trinajstić information content (AvgIpc) is 2.87. The maximum Gasteiger partial charge on any atom is 0.261 e. The van der Waals surface area contributed by atoms with E-state index < -0.39 is 0 Å². The fourth-order valence-electron chi connectivity index (χ4n) is 3.01. The second-order valence-corrected chi connectivity index (χ2v) is 5.83. The smallest absolute Gasteiger partial charge is 0.261 e. The van der Waals surface area contributed by atoms with E-state index in [1.165, 1.54) is 0 Å². The van der Waals surface area contributed by atoms with Gasteiger partial charge >= 0.3 is 0 Å². The molecule has 1 aromatic heterocycles. The topological polar surface area (TPSA) is 67.6 Å². The SMILES string of the molecule is Cc1cc(C)c2c(c1)N(C(=O)c1cnn(CCO)c1C)CCO2. The first-order chi connectivity index (χ1) is 11.0. The van der Waals surface area contributed by atoms with Crippen LogP contribution in [0.1, 0.15) is 27.2 Å². The number of amides is 1. The van der Waals surface area contributed by atoms with Gasteiger partial charge in [0.2, 0.25) is 0 Å². The monoisotopic (exact) mass is 315 g/mol. The van der Waals surface area contributed by atoms with Gasteiger partial charge in [0.05, 0.1) is 37.1 Å². The summed E-state index contributed by atoms with van der Waals surface area (Å²) in [4.78, 5) is 14.7. The number of aliphatic hydroxyl groups excluding tert-OH is 1. The Morgan fingerprint density at radius 1 is 1.35 bits per heavy atom. The van der Waals surface area contributed by atoms with Crippen molar-refractivity contribution in [3.63, 3.8) is 0 Å². The Hall–Kier alpha value is -2.34. The fourth-order valence-corrected chi connectivity index (χ4v) is 3.01. The minimum atomic E-state index is -0.0822. The third-order valence-electron chi connectivity index (χ3n) is 4.14. The lowest BCUT2D eigenvalue weighted by Gasteiger charge is -2.31. The summed E-state index contributed by atoms with van der Waals surface area (Å²) in [7, 11) is 0. The quantitative estimate of drug-likeness (QED) is 0.938. The Kier molecular flexibility index (Phi) is 4.09. The summed E-state index contributed by atoms with van der Waals surface area (Å²) in [5.41, 5.74) is 4.27. The first kappa shape index (κ1) is 15.6. The van der Waals surface area contributed by atoms with Gasteiger partial charge in [0.15, 0.2) is 0 Å². The number of aryl methyl sites for hydroxylation is 2. The van der Waals surface area contributed by atoms with Crippen molar-refractivity contribution in [1.29, 1.82) is 0 Å². The van der Waals surface area contributed by atoms with Crippen LogP contribution in [0.4, 0.5) is 5.69 Å². The van der Waals surface area contributed by atoms with E-state index in [0.29, 0.717) is 25.3 Å². The van der Waals surface area contributed by atoms with Crippen molar-refractivity contribution in [2.45, 2.75) is 27.3 Å². The van der Waals surface area contributed by atoms with Crippen LogP contribution in [-0.4, -0.2) is 40.6 Å². The molecule has 0 bridgehead atoms. The maximum absolute atomic E-state index is 13.0. The largest absolute Gasteiger partial charge is 0.489 e. The molecule has 0 atom stereocenters. The molecule has 6 heteroatoms. The zero-order chi connectivity index (χ0) is 16.6. The van der Waals surface area contributed by atoms with Crippen molar-refractivity contribution in [1.82, 2.24) is 9.78 Å². The van der Waals surface area contributed by atoms with E-state index in [1.807, 2.05) is 26.8 Å². The molecule has 2 aromatic rings. The van der Waals surface area contributed by atoms with Gasteiger partial charge in [-0.25, -0.2) is 0 Å². The normalized spacial score (nSPS) is 13.7. The van der Waals surface area contributed by atoms with E-state index in [9.17, 15) is 4.79 Å². The number of hydrogen-bond donors (Lipinski definition) is 1. The van der Waals surface area contributed by atoms with Gasteiger partial charge < -0.3 is 14.7 Å². The number of benzene rings is 1. The van der Waals surface area contributed by atoms with Crippen LogP contribution >= 0.6 is 0 Å². The van der Waals surface area contributed by atoms with E-state index in [0.717, 1.165) is 28.3 Å². The summed E-state index contributed by atoms with van der Waals surface area (Å²) in [6, 6.07) is 4.03. The van der Waals surface area contributed by atoms with Crippen LogP contribution in [0.5, 0.6) is 5.75 Å². The molecular weight excluding hydrogens is 294 g/mol. The minimum absolute atomic E-state index is 0.00503. The molecule has 0 fully saturated rings. The van der Waals surface area contributed by atoms with Gasteiger partial charge in [-0.1, -0.05) is 6.07 Å². The van der Waals surface area contributed by atoms with Crippen molar-refractivity contribution in [3.05, 3.63) is 40.7 Å². The molecule has 0 aliphatic carbocycles. The maximum atomic E-state index is 13.0. The molecule has 1 aliphatic rings. The lowest BCUT2D eigenvalue weighted by Crippen LogP contribution is -2.38. The molecule has 1 amide bonds. The number of anilines is 1. The summed E-state index contributed by atoms with van der Waals surface area (Å²) in [5.74, 6) is 0.692. The van der Waals surface area contributed by atoms with Crippen LogP contribution in [0.25, 0.3) is 0 Å². The van der Waals surface area contributed by atoms with Crippen LogP contribution < -0.4 is 9.64 Å². The molecule has 122 valence electrons. The van der Waals surface area contributed by atoms with Gasteiger partial charge in [-0.2, -0.15) is 5.10 Å². The number of aliphatic hydroxyl groups is 1. The molecule has 6 nitrogen and oxygen atoms in total. The van der Waals surface area contributed by atoms with Crippen LogP contribution in [0.15, 0.2) is 18.3 Å². The van der Waals surface area contributed by atoms with Gasteiger partial charge in [0, 0.05) is 5.69 Å². The number of carbonyl (C=O) groups excluding carboxylic acids is 1. The van der Waals surface area contributed by atoms with E-state index in [4.69, 9.17) is 9.84 Å². The van der Waals surface area contributed by atoms with E-state index in [1.54, 1.807) is 15.8 Å². The van der Waals surface area contributed by atoms with Gasteiger partial charge in [-0.15, -0.1) is 0 Å².